The molecule has 0 aromatic heterocycles. The normalized spacial score (nSPS) is 11.2. The van der Waals surface area contributed by atoms with Crippen molar-refractivity contribution < 1.29 is 19.0 Å². The molecular formula is C24H38O4. The third kappa shape index (κ3) is 11.7. The van der Waals surface area contributed by atoms with Crippen LogP contribution in [0.15, 0.2) is 24.3 Å². The largest absolute Gasteiger partial charge is 0.493 e. The van der Waals surface area contributed by atoms with E-state index in [2.05, 4.69) is 13.8 Å². The maximum atomic E-state index is 11.8. The van der Waals surface area contributed by atoms with Crippen LogP contribution in [0.5, 0.6) is 11.5 Å². The molecule has 28 heavy (non-hydrogen) atoms. The predicted octanol–water partition coefficient (Wildman–Crippen LogP) is 6.57. The Bertz CT molecular complexity index is 546. The first-order valence-corrected chi connectivity index (χ1v) is 10.8. The number of hydrogen-bond donors (Lipinski definition) is 0. The summed E-state index contributed by atoms with van der Waals surface area (Å²) in [6.07, 6.45) is 12.4. The number of carbonyl (C=O) groups is 1. The molecule has 0 unspecified atom stereocenters. The van der Waals surface area contributed by atoms with Crippen LogP contribution in [0.3, 0.4) is 0 Å². The van der Waals surface area contributed by atoms with Crippen LogP contribution in [0, 0.1) is 0 Å². The highest BCUT2D eigenvalue weighted by molar-refractivity contribution is 5.87. The van der Waals surface area contributed by atoms with Crippen LogP contribution in [0.1, 0.15) is 84.6 Å². The fraction of sp³-hybridized carbons (Fsp3) is 0.625. The zero-order valence-electron chi connectivity index (χ0n) is 18.2. The van der Waals surface area contributed by atoms with Gasteiger partial charge >= 0.3 is 5.97 Å². The van der Waals surface area contributed by atoms with E-state index in [-0.39, 0.29) is 12.1 Å². The lowest BCUT2D eigenvalue weighted by molar-refractivity contribution is -0.141. The molecule has 1 aromatic carbocycles. The molecule has 1 aromatic rings. The Kier molecular flexibility index (Phi) is 12.9. The fourth-order valence-corrected chi connectivity index (χ4v) is 2.73. The minimum atomic E-state index is -0.345. The second kappa shape index (κ2) is 15.0. The first-order chi connectivity index (χ1) is 13.5. The monoisotopic (exact) mass is 390 g/mol. The molecule has 4 heteroatoms. The van der Waals surface area contributed by atoms with Crippen LogP contribution in [0.2, 0.25) is 0 Å². The van der Waals surface area contributed by atoms with Crippen LogP contribution < -0.4 is 9.47 Å². The Morgan fingerprint density at radius 2 is 1.39 bits per heavy atom. The number of unbranched alkanes of at least 4 members (excludes halogenated alkanes) is 6. The average Bonchev–Trinajstić information content (AvgIpc) is 2.65. The molecule has 0 radical (unpaired) electrons. The molecule has 0 saturated carbocycles. The van der Waals surface area contributed by atoms with Gasteiger partial charge in [0.1, 0.15) is 11.5 Å². The molecule has 0 aliphatic carbocycles. The molecule has 0 heterocycles. The van der Waals surface area contributed by atoms with E-state index in [1.165, 1.54) is 44.6 Å². The smallest absolute Gasteiger partial charge is 0.331 e. The molecular weight excluding hydrogens is 352 g/mol. The second-order valence-electron chi connectivity index (χ2n) is 7.37. The highest BCUT2D eigenvalue weighted by Gasteiger charge is 2.05. The fourth-order valence-electron chi connectivity index (χ4n) is 2.73. The van der Waals surface area contributed by atoms with E-state index in [4.69, 9.17) is 14.2 Å². The summed E-state index contributed by atoms with van der Waals surface area (Å²) >= 11 is 0. The Labute approximate surface area is 171 Å². The minimum absolute atomic E-state index is 0.128. The molecule has 4 nitrogen and oxygen atoms in total. The number of carbonyl (C=O) groups excluding carboxylic acids is 1. The Morgan fingerprint density at radius 1 is 0.857 bits per heavy atom. The van der Waals surface area contributed by atoms with Gasteiger partial charge in [0.2, 0.25) is 0 Å². The van der Waals surface area contributed by atoms with E-state index in [9.17, 15) is 4.79 Å². The van der Waals surface area contributed by atoms with Gasteiger partial charge in [-0.3, -0.25) is 0 Å². The van der Waals surface area contributed by atoms with Crippen molar-refractivity contribution in [3.63, 3.8) is 0 Å². The van der Waals surface area contributed by atoms with Crippen LogP contribution in [-0.4, -0.2) is 25.3 Å². The van der Waals surface area contributed by atoms with Gasteiger partial charge in [-0.25, -0.2) is 4.79 Å². The number of esters is 1. The van der Waals surface area contributed by atoms with Crippen molar-refractivity contribution in [2.24, 2.45) is 0 Å². The lowest BCUT2D eigenvalue weighted by Crippen LogP contribution is -2.08. The molecule has 158 valence electrons. The molecule has 1 rings (SSSR count). The molecule has 0 aliphatic heterocycles. The number of rotatable bonds is 15. The van der Waals surface area contributed by atoms with Crippen LogP contribution in [0.4, 0.5) is 0 Å². The highest BCUT2D eigenvalue weighted by atomic mass is 16.5. The first kappa shape index (κ1) is 24.1. The summed E-state index contributed by atoms with van der Waals surface area (Å²) in [5.74, 6) is 1.21. The van der Waals surface area contributed by atoms with Gasteiger partial charge in [0, 0.05) is 12.1 Å². The van der Waals surface area contributed by atoms with E-state index in [1.54, 1.807) is 6.08 Å². The number of ether oxygens (including phenoxy) is 3. The van der Waals surface area contributed by atoms with Crippen molar-refractivity contribution >= 4 is 12.0 Å². The predicted molar refractivity (Wildman–Crippen MR) is 116 cm³/mol. The zero-order chi connectivity index (χ0) is 20.6. The van der Waals surface area contributed by atoms with Gasteiger partial charge in [-0.1, -0.05) is 52.4 Å². The van der Waals surface area contributed by atoms with Crippen LogP contribution in [-0.2, 0) is 9.53 Å². The van der Waals surface area contributed by atoms with Crippen molar-refractivity contribution in [3.05, 3.63) is 29.8 Å². The Morgan fingerprint density at radius 3 is 1.86 bits per heavy atom. The summed E-state index contributed by atoms with van der Waals surface area (Å²) in [4.78, 5) is 11.8. The first-order valence-electron chi connectivity index (χ1n) is 10.8. The maximum absolute atomic E-state index is 11.8. The standard InChI is InChI=1S/C24H38O4/c1-5-7-9-11-15-26-22-17-21(13-14-24(25)28-20(3)4)18-23(19-22)27-16-12-10-8-6-2/h13-14,17-20H,5-12,15-16H2,1-4H3. The Hall–Kier alpha value is -1.97. The summed E-state index contributed by atoms with van der Waals surface area (Å²) in [6.45, 7) is 9.46. The van der Waals surface area contributed by atoms with Crippen molar-refractivity contribution in [3.8, 4) is 11.5 Å². The van der Waals surface area contributed by atoms with Gasteiger partial charge in [0.05, 0.1) is 19.3 Å². The third-order valence-electron chi connectivity index (χ3n) is 4.20. The molecule has 0 aliphatic rings. The minimum Gasteiger partial charge on any atom is -0.493 e. The average molecular weight is 391 g/mol. The van der Waals surface area contributed by atoms with Gasteiger partial charge in [-0.2, -0.15) is 0 Å². The lowest BCUT2D eigenvalue weighted by Gasteiger charge is -2.11. The van der Waals surface area contributed by atoms with Gasteiger partial charge in [-0.05, 0) is 50.5 Å². The van der Waals surface area contributed by atoms with Crippen molar-refractivity contribution in [2.75, 3.05) is 13.2 Å². The van der Waals surface area contributed by atoms with Crippen molar-refractivity contribution in [2.45, 2.75) is 85.2 Å². The molecule has 0 N–H and O–H groups in total. The summed E-state index contributed by atoms with van der Waals surface area (Å²) in [5.41, 5.74) is 0.871. The quantitative estimate of drug-likeness (QED) is 0.193. The van der Waals surface area contributed by atoms with Crippen molar-refractivity contribution in [1.29, 1.82) is 0 Å². The van der Waals surface area contributed by atoms with Gasteiger partial charge in [0.25, 0.3) is 0 Å². The van der Waals surface area contributed by atoms with Crippen molar-refractivity contribution in [1.82, 2.24) is 0 Å². The molecule has 0 bridgehead atoms. The molecule has 0 amide bonds. The molecule has 0 spiro atoms. The molecule has 0 fully saturated rings. The van der Waals surface area contributed by atoms with Crippen LogP contribution >= 0.6 is 0 Å². The third-order valence-corrected chi connectivity index (χ3v) is 4.20. The lowest BCUT2D eigenvalue weighted by atomic mass is 10.1. The summed E-state index contributed by atoms with van der Waals surface area (Å²) < 4.78 is 17.0. The van der Waals surface area contributed by atoms with Gasteiger partial charge in [0.15, 0.2) is 0 Å². The molecule has 0 atom stereocenters. The van der Waals surface area contributed by atoms with Crippen LogP contribution in [0.25, 0.3) is 6.08 Å². The van der Waals surface area contributed by atoms with E-state index >= 15 is 0 Å². The van der Waals surface area contributed by atoms with E-state index < -0.39 is 0 Å². The molecule has 0 saturated heterocycles. The summed E-state index contributed by atoms with van der Waals surface area (Å²) in [7, 11) is 0. The van der Waals surface area contributed by atoms with E-state index in [0.29, 0.717) is 13.2 Å². The number of hydrogen-bond acceptors (Lipinski definition) is 4. The number of benzene rings is 1. The highest BCUT2D eigenvalue weighted by Crippen LogP contribution is 2.25. The maximum Gasteiger partial charge on any atom is 0.331 e. The van der Waals surface area contributed by atoms with E-state index in [0.717, 1.165) is 29.9 Å². The summed E-state index contributed by atoms with van der Waals surface area (Å²) in [5, 5.41) is 0. The van der Waals surface area contributed by atoms with E-state index in [1.807, 2.05) is 32.0 Å². The zero-order valence-corrected chi connectivity index (χ0v) is 18.2. The summed E-state index contributed by atoms with van der Waals surface area (Å²) in [6, 6.07) is 5.80. The Balaban J connectivity index is 2.72. The van der Waals surface area contributed by atoms with Gasteiger partial charge < -0.3 is 14.2 Å². The SMILES string of the molecule is CCCCCCOc1cc(C=CC(=O)OC(C)C)cc(OCCCCCC)c1. The second-order valence-corrected chi connectivity index (χ2v) is 7.37. The van der Waals surface area contributed by atoms with Gasteiger partial charge in [-0.15, -0.1) is 0 Å². The topological polar surface area (TPSA) is 44.8 Å².